The zero-order valence-corrected chi connectivity index (χ0v) is 32.3. The summed E-state index contributed by atoms with van der Waals surface area (Å²) >= 11 is 0. The molecule has 12 rings (SSSR count). The van der Waals surface area contributed by atoms with Gasteiger partial charge >= 0.3 is 0 Å². The summed E-state index contributed by atoms with van der Waals surface area (Å²) in [7, 11) is 0. The third-order valence-corrected chi connectivity index (χ3v) is 11.7. The minimum atomic E-state index is 0.538. The molecule has 0 unspecified atom stereocenters. The highest BCUT2D eigenvalue weighted by Gasteiger charge is 2.23. The molecule has 0 spiro atoms. The molecule has 0 saturated heterocycles. The molecule has 3 aromatic heterocycles. The summed E-state index contributed by atoms with van der Waals surface area (Å²) in [5.74, 6) is 1.73. The van der Waals surface area contributed by atoms with Crippen LogP contribution in [0.2, 0.25) is 0 Å². The number of rotatable bonds is 6. The molecule has 5 heteroatoms. The smallest absolute Gasteiger partial charge is 0.238 e. The van der Waals surface area contributed by atoms with Crippen LogP contribution in [0.15, 0.2) is 211 Å². The summed E-state index contributed by atoms with van der Waals surface area (Å²) in [5, 5.41) is 6.79. The van der Waals surface area contributed by atoms with Gasteiger partial charge < -0.3 is 4.42 Å². The number of benzene rings is 9. The molecule has 0 amide bonds. The maximum absolute atomic E-state index is 6.80. The molecule has 0 aliphatic rings. The minimum absolute atomic E-state index is 0.538. The summed E-state index contributed by atoms with van der Waals surface area (Å²) in [6, 6.07) is 72.0. The molecule has 0 bridgehead atoms. The van der Waals surface area contributed by atoms with Gasteiger partial charge in [-0.3, -0.25) is 4.57 Å². The van der Waals surface area contributed by atoms with Crippen LogP contribution in [0.1, 0.15) is 0 Å². The Labute approximate surface area is 345 Å². The lowest BCUT2D eigenvalue weighted by Gasteiger charge is -2.13. The van der Waals surface area contributed by atoms with Gasteiger partial charge in [-0.2, -0.15) is 9.97 Å². The molecule has 0 fully saturated rings. The summed E-state index contributed by atoms with van der Waals surface area (Å²) in [5.41, 5.74) is 12.1. The van der Waals surface area contributed by atoms with Gasteiger partial charge in [0.1, 0.15) is 11.2 Å². The first kappa shape index (κ1) is 33.9. The van der Waals surface area contributed by atoms with E-state index < -0.39 is 0 Å². The van der Waals surface area contributed by atoms with Crippen molar-refractivity contribution in [1.29, 1.82) is 0 Å². The van der Waals surface area contributed by atoms with Crippen molar-refractivity contribution in [3.05, 3.63) is 206 Å². The standard InChI is InChI=1S/C55H34N4O/c1-3-13-35(14-4-1)37-25-29-40(30-26-37)53-56-54(41-31-27-38(28-32-41)36-15-5-2-6-16-36)58-55(57-53)59-48-24-10-9-19-43(48)44-20-11-21-45(51(44)59)46-22-12-23-47-50-42-18-8-7-17-39(42)33-34-49(50)60-52(46)47/h1-34H. The highest BCUT2D eigenvalue weighted by molar-refractivity contribution is 6.22. The fraction of sp³-hybridized carbons (Fsp3) is 0. The second-order valence-corrected chi connectivity index (χ2v) is 15.2. The molecule has 9 aromatic carbocycles. The molecular weight excluding hydrogens is 733 g/mol. The van der Waals surface area contributed by atoms with Gasteiger partial charge in [0, 0.05) is 43.8 Å². The Morgan fingerprint density at radius 3 is 1.53 bits per heavy atom. The molecule has 0 aliphatic carbocycles. The zero-order valence-electron chi connectivity index (χ0n) is 32.3. The molecule has 60 heavy (non-hydrogen) atoms. The second kappa shape index (κ2) is 13.8. The van der Waals surface area contributed by atoms with Crippen LogP contribution in [0.25, 0.3) is 117 Å². The molecule has 280 valence electrons. The second-order valence-electron chi connectivity index (χ2n) is 15.2. The Morgan fingerprint density at radius 2 is 0.867 bits per heavy atom. The monoisotopic (exact) mass is 766 g/mol. The highest BCUT2D eigenvalue weighted by atomic mass is 16.3. The van der Waals surface area contributed by atoms with Crippen molar-refractivity contribution >= 4 is 54.5 Å². The van der Waals surface area contributed by atoms with Crippen LogP contribution < -0.4 is 0 Å². The summed E-state index contributed by atoms with van der Waals surface area (Å²) in [4.78, 5) is 15.8. The first-order valence-electron chi connectivity index (χ1n) is 20.2. The van der Waals surface area contributed by atoms with Crippen molar-refractivity contribution in [2.24, 2.45) is 0 Å². The SMILES string of the molecule is c1ccc(-c2ccc(-c3nc(-c4ccc(-c5ccccc5)cc4)nc(-n4c5ccccc5c5cccc(-c6cccc7c6oc6ccc8ccccc8c67)c54)n3)cc2)cc1. The van der Waals surface area contributed by atoms with Crippen LogP contribution in [-0.2, 0) is 0 Å². The fourth-order valence-corrected chi connectivity index (χ4v) is 8.83. The topological polar surface area (TPSA) is 56.7 Å². The van der Waals surface area contributed by atoms with Gasteiger partial charge in [0.25, 0.3) is 0 Å². The number of nitrogens with zero attached hydrogens (tertiary/aromatic N) is 4. The molecule has 3 heterocycles. The lowest BCUT2D eigenvalue weighted by molar-refractivity contribution is 0.670. The van der Waals surface area contributed by atoms with E-state index in [1.807, 2.05) is 12.1 Å². The largest absolute Gasteiger partial charge is 0.455 e. The summed E-state index contributed by atoms with van der Waals surface area (Å²) < 4.78 is 9.01. The molecule has 0 atom stereocenters. The Morgan fingerprint density at radius 1 is 0.350 bits per heavy atom. The van der Waals surface area contributed by atoms with E-state index in [1.54, 1.807) is 0 Å². The lowest BCUT2D eigenvalue weighted by atomic mass is 9.98. The summed E-state index contributed by atoms with van der Waals surface area (Å²) in [6.07, 6.45) is 0. The first-order valence-corrected chi connectivity index (χ1v) is 20.2. The number of para-hydroxylation sites is 3. The van der Waals surface area contributed by atoms with E-state index in [-0.39, 0.29) is 0 Å². The van der Waals surface area contributed by atoms with E-state index in [0.717, 1.165) is 88.3 Å². The van der Waals surface area contributed by atoms with E-state index in [1.165, 1.54) is 10.8 Å². The van der Waals surface area contributed by atoms with E-state index in [2.05, 4.69) is 199 Å². The Kier molecular flexibility index (Phi) is 7.78. The Bertz CT molecular complexity index is 3470. The van der Waals surface area contributed by atoms with Gasteiger partial charge in [-0.15, -0.1) is 0 Å². The normalized spacial score (nSPS) is 11.7. The molecular formula is C55H34N4O. The van der Waals surface area contributed by atoms with E-state index in [0.29, 0.717) is 17.6 Å². The van der Waals surface area contributed by atoms with Gasteiger partial charge in [-0.05, 0) is 45.2 Å². The van der Waals surface area contributed by atoms with E-state index in [9.17, 15) is 0 Å². The minimum Gasteiger partial charge on any atom is -0.455 e. The third-order valence-electron chi connectivity index (χ3n) is 11.7. The van der Waals surface area contributed by atoms with Crippen molar-refractivity contribution in [1.82, 2.24) is 19.5 Å². The van der Waals surface area contributed by atoms with Crippen LogP contribution in [0.4, 0.5) is 0 Å². The van der Waals surface area contributed by atoms with Crippen LogP contribution in [0.5, 0.6) is 0 Å². The Hall–Kier alpha value is -8.15. The Balaban J connectivity index is 1.10. The molecule has 0 saturated carbocycles. The van der Waals surface area contributed by atoms with E-state index >= 15 is 0 Å². The van der Waals surface area contributed by atoms with Gasteiger partial charge in [0.05, 0.1) is 11.0 Å². The van der Waals surface area contributed by atoms with Crippen LogP contribution in [0, 0.1) is 0 Å². The third kappa shape index (κ3) is 5.52. The van der Waals surface area contributed by atoms with Crippen molar-refractivity contribution in [3.8, 4) is 62.1 Å². The van der Waals surface area contributed by atoms with Crippen LogP contribution >= 0.6 is 0 Å². The molecule has 12 aromatic rings. The zero-order chi connectivity index (χ0) is 39.6. The molecule has 0 radical (unpaired) electrons. The quantitative estimate of drug-likeness (QED) is 0.169. The average Bonchev–Trinajstić information content (AvgIpc) is 3.89. The maximum atomic E-state index is 6.80. The van der Waals surface area contributed by atoms with Gasteiger partial charge in [-0.1, -0.05) is 194 Å². The van der Waals surface area contributed by atoms with Crippen LogP contribution in [-0.4, -0.2) is 19.5 Å². The van der Waals surface area contributed by atoms with Gasteiger partial charge in [0.2, 0.25) is 5.95 Å². The predicted molar refractivity (Wildman–Crippen MR) is 246 cm³/mol. The van der Waals surface area contributed by atoms with Crippen molar-refractivity contribution in [3.63, 3.8) is 0 Å². The average molecular weight is 767 g/mol. The van der Waals surface area contributed by atoms with Gasteiger partial charge in [0.15, 0.2) is 11.6 Å². The maximum Gasteiger partial charge on any atom is 0.238 e. The van der Waals surface area contributed by atoms with Gasteiger partial charge in [-0.25, -0.2) is 4.98 Å². The van der Waals surface area contributed by atoms with Crippen LogP contribution in [0.3, 0.4) is 0 Å². The van der Waals surface area contributed by atoms with E-state index in [4.69, 9.17) is 19.4 Å². The number of hydrogen-bond acceptors (Lipinski definition) is 4. The van der Waals surface area contributed by atoms with Crippen molar-refractivity contribution in [2.75, 3.05) is 0 Å². The van der Waals surface area contributed by atoms with Crippen molar-refractivity contribution < 1.29 is 4.42 Å². The molecule has 0 N–H and O–H groups in total. The predicted octanol–water partition coefficient (Wildman–Crippen LogP) is 14.4. The summed E-state index contributed by atoms with van der Waals surface area (Å²) in [6.45, 7) is 0. The molecule has 0 aliphatic heterocycles. The lowest BCUT2D eigenvalue weighted by Crippen LogP contribution is -2.07. The first-order chi connectivity index (χ1) is 29.7. The number of fused-ring (bicyclic) bond motifs is 8. The highest BCUT2D eigenvalue weighted by Crippen LogP contribution is 2.43. The number of furan rings is 1. The number of aromatic nitrogens is 4. The fourth-order valence-electron chi connectivity index (χ4n) is 8.83. The van der Waals surface area contributed by atoms with Crippen molar-refractivity contribution in [2.45, 2.75) is 0 Å². The number of hydrogen-bond donors (Lipinski definition) is 0. The molecule has 5 nitrogen and oxygen atoms in total.